The van der Waals surface area contributed by atoms with Gasteiger partial charge in [0, 0.05) is 31.8 Å². The van der Waals surface area contributed by atoms with E-state index >= 15 is 0 Å². The lowest BCUT2D eigenvalue weighted by atomic mass is 10.0. The molecule has 1 N–H and O–H groups in total. The number of amides is 1. The standard InChI is InChI=1S/C25H27F2N3O5/c1-4-10-29-15-28(11-5-12-35-16(2)3)25(34)22-24(33)23(32)19(14-30(22)29)21(31)9-7-17-6-8-18(26)13-20(17)27/h1,6,8,13-14,16,33H,5,7,9-12,15H2,2-3H3. The molecule has 1 amide bonds. The summed E-state index contributed by atoms with van der Waals surface area (Å²) >= 11 is 0. The second-order valence-corrected chi connectivity index (χ2v) is 8.42. The molecule has 1 aromatic heterocycles. The maximum atomic E-state index is 13.9. The molecule has 0 atom stereocenters. The molecule has 1 aliphatic heterocycles. The molecule has 0 spiro atoms. The molecule has 186 valence electrons. The summed E-state index contributed by atoms with van der Waals surface area (Å²) in [5, 5.41) is 12.2. The Morgan fingerprint density at radius 3 is 2.69 bits per heavy atom. The number of hydrogen-bond donors (Lipinski definition) is 1. The molecule has 0 fully saturated rings. The van der Waals surface area contributed by atoms with Crippen molar-refractivity contribution in [1.82, 2.24) is 9.58 Å². The van der Waals surface area contributed by atoms with Crippen LogP contribution in [-0.2, 0) is 11.2 Å². The number of ether oxygens (including phenoxy) is 1. The predicted molar refractivity (Wildman–Crippen MR) is 125 cm³/mol. The van der Waals surface area contributed by atoms with E-state index in [0.29, 0.717) is 25.6 Å². The van der Waals surface area contributed by atoms with Crippen molar-refractivity contribution in [2.45, 2.75) is 39.2 Å². The van der Waals surface area contributed by atoms with Crippen molar-refractivity contribution in [3.8, 4) is 18.1 Å². The molecular formula is C25H27F2N3O5. The van der Waals surface area contributed by atoms with Crippen LogP contribution in [0.3, 0.4) is 0 Å². The second kappa shape index (κ2) is 11.1. The van der Waals surface area contributed by atoms with Crippen LogP contribution >= 0.6 is 0 Å². The number of rotatable bonds is 10. The zero-order valence-corrected chi connectivity index (χ0v) is 19.6. The Morgan fingerprint density at radius 2 is 2.03 bits per heavy atom. The molecule has 0 aliphatic carbocycles. The first-order chi connectivity index (χ1) is 16.6. The number of benzene rings is 1. The average Bonchev–Trinajstić information content (AvgIpc) is 2.80. The smallest absolute Gasteiger partial charge is 0.277 e. The molecule has 0 radical (unpaired) electrons. The molecule has 2 aromatic rings. The zero-order chi connectivity index (χ0) is 25.7. The van der Waals surface area contributed by atoms with Gasteiger partial charge in [0.05, 0.1) is 18.2 Å². The van der Waals surface area contributed by atoms with Crippen molar-refractivity contribution in [2.24, 2.45) is 0 Å². The van der Waals surface area contributed by atoms with Gasteiger partial charge in [0.25, 0.3) is 5.91 Å². The van der Waals surface area contributed by atoms with E-state index in [-0.39, 0.29) is 49.0 Å². The number of fused-ring (bicyclic) bond motifs is 1. The van der Waals surface area contributed by atoms with Gasteiger partial charge in [-0.05, 0) is 38.3 Å². The third-order valence-corrected chi connectivity index (χ3v) is 5.53. The quantitative estimate of drug-likeness (QED) is 0.315. The van der Waals surface area contributed by atoms with Gasteiger partial charge >= 0.3 is 0 Å². The number of nitrogens with zero attached hydrogens (tertiary/aromatic N) is 3. The Kier molecular flexibility index (Phi) is 8.25. The number of ketones is 1. The minimum atomic E-state index is -1.00. The fraction of sp³-hybridized carbons (Fsp3) is 0.400. The summed E-state index contributed by atoms with van der Waals surface area (Å²) in [6.07, 6.45) is 6.89. The number of carbonyl (C=O) groups excluding carboxylic acids is 2. The van der Waals surface area contributed by atoms with Crippen LogP contribution in [0.5, 0.6) is 5.75 Å². The third kappa shape index (κ3) is 5.87. The highest BCUT2D eigenvalue weighted by atomic mass is 19.1. The van der Waals surface area contributed by atoms with Crippen molar-refractivity contribution >= 4 is 11.7 Å². The summed E-state index contributed by atoms with van der Waals surface area (Å²) in [6.45, 7) is 4.65. The zero-order valence-electron chi connectivity index (χ0n) is 19.6. The monoisotopic (exact) mass is 487 g/mol. The van der Waals surface area contributed by atoms with Gasteiger partial charge in [0.2, 0.25) is 5.43 Å². The van der Waals surface area contributed by atoms with Gasteiger partial charge in [-0.15, -0.1) is 6.42 Å². The summed E-state index contributed by atoms with van der Waals surface area (Å²) in [5.74, 6) is -1.18. The van der Waals surface area contributed by atoms with Gasteiger partial charge in [0.15, 0.2) is 17.2 Å². The van der Waals surface area contributed by atoms with Gasteiger partial charge < -0.3 is 14.7 Å². The number of Topliss-reactive ketones (excluding diaryl/α,β-unsaturated/α-hetero) is 1. The van der Waals surface area contributed by atoms with E-state index < -0.39 is 34.5 Å². The highest BCUT2D eigenvalue weighted by Crippen LogP contribution is 2.22. The van der Waals surface area contributed by atoms with Crippen molar-refractivity contribution < 1.29 is 28.2 Å². The molecule has 2 heterocycles. The molecule has 0 saturated carbocycles. The molecule has 10 heteroatoms. The van der Waals surface area contributed by atoms with Crippen molar-refractivity contribution in [1.29, 1.82) is 0 Å². The number of pyridine rings is 1. The van der Waals surface area contributed by atoms with Crippen LogP contribution in [0.4, 0.5) is 8.78 Å². The lowest BCUT2D eigenvalue weighted by molar-refractivity contribution is 0.0571. The van der Waals surface area contributed by atoms with Gasteiger partial charge in [-0.25, -0.2) is 8.78 Å². The minimum absolute atomic E-state index is 0.0377. The summed E-state index contributed by atoms with van der Waals surface area (Å²) in [4.78, 5) is 40.1. The largest absolute Gasteiger partial charge is 0.502 e. The normalized spacial score (nSPS) is 13.2. The molecule has 35 heavy (non-hydrogen) atoms. The molecular weight excluding hydrogens is 460 g/mol. The van der Waals surface area contributed by atoms with E-state index in [4.69, 9.17) is 11.2 Å². The molecule has 1 aromatic carbocycles. The SMILES string of the molecule is C#CCN1CN(CCCOC(C)C)C(=O)c2c(O)c(=O)c(C(=O)CCc3ccc(F)cc3F)cn21. The van der Waals surface area contributed by atoms with Crippen LogP contribution in [-0.4, -0.2) is 58.8 Å². The van der Waals surface area contributed by atoms with Crippen LogP contribution in [0.1, 0.15) is 53.1 Å². The number of aromatic hydroxyl groups is 1. The number of halogens is 2. The van der Waals surface area contributed by atoms with Crippen LogP contribution in [0, 0.1) is 24.0 Å². The second-order valence-electron chi connectivity index (χ2n) is 8.42. The van der Waals surface area contributed by atoms with E-state index in [1.807, 2.05) is 13.8 Å². The fourth-order valence-electron chi connectivity index (χ4n) is 3.77. The van der Waals surface area contributed by atoms with Gasteiger partial charge in [-0.2, -0.15) is 0 Å². The number of aromatic nitrogens is 1. The highest BCUT2D eigenvalue weighted by molar-refractivity contribution is 6.00. The maximum absolute atomic E-state index is 13.9. The van der Waals surface area contributed by atoms with Crippen LogP contribution in [0.25, 0.3) is 0 Å². The third-order valence-electron chi connectivity index (χ3n) is 5.53. The Bertz CT molecular complexity index is 1220. The molecule has 0 bridgehead atoms. The van der Waals surface area contributed by atoms with Crippen molar-refractivity contribution in [3.05, 3.63) is 63.1 Å². The number of hydrogen-bond acceptors (Lipinski definition) is 6. The fourth-order valence-corrected chi connectivity index (χ4v) is 3.77. The summed E-state index contributed by atoms with van der Waals surface area (Å²) in [7, 11) is 0. The number of terminal acetylenes is 1. The van der Waals surface area contributed by atoms with E-state index in [0.717, 1.165) is 6.07 Å². The van der Waals surface area contributed by atoms with Gasteiger partial charge in [-0.3, -0.25) is 24.1 Å². The summed E-state index contributed by atoms with van der Waals surface area (Å²) < 4.78 is 33.7. The van der Waals surface area contributed by atoms with E-state index in [2.05, 4.69) is 5.92 Å². The lowest BCUT2D eigenvalue weighted by Crippen LogP contribution is -2.54. The van der Waals surface area contributed by atoms with Crippen molar-refractivity contribution in [2.75, 3.05) is 31.4 Å². The lowest BCUT2D eigenvalue weighted by Gasteiger charge is -2.39. The molecule has 3 rings (SSSR count). The number of aryl methyl sites for hydroxylation is 1. The highest BCUT2D eigenvalue weighted by Gasteiger charge is 2.33. The van der Waals surface area contributed by atoms with E-state index in [1.54, 1.807) is 0 Å². The Morgan fingerprint density at radius 1 is 1.29 bits per heavy atom. The van der Waals surface area contributed by atoms with Gasteiger partial charge in [-0.1, -0.05) is 12.0 Å². The maximum Gasteiger partial charge on any atom is 0.277 e. The Labute approximate surface area is 201 Å². The average molecular weight is 488 g/mol. The molecule has 0 unspecified atom stereocenters. The van der Waals surface area contributed by atoms with Crippen LogP contribution < -0.4 is 10.4 Å². The summed E-state index contributed by atoms with van der Waals surface area (Å²) in [6, 6.07) is 3.01. The Hall–Kier alpha value is -3.71. The molecule has 8 nitrogen and oxygen atoms in total. The minimum Gasteiger partial charge on any atom is -0.502 e. The first-order valence-electron chi connectivity index (χ1n) is 11.2. The molecule has 1 aliphatic rings. The summed E-state index contributed by atoms with van der Waals surface area (Å²) in [5.41, 5.74) is -1.53. The first-order valence-corrected chi connectivity index (χ1v) is 11.2. The Balaban J connectivity index is 1.86. The topological polar surface area (TPSA) is 92.1 Å². The van der Waals surface area contributed by atoms with Gasteiger partial charge in [0.1, 0.15) is 18.3 Å². The van der Waals surface area contributed by atoms with Crippen molar-refractivity contribution in [3.63, 3.8) is 0 Å². The van der Waals surface area contributed by atoms with E-state index in [1.165, 1.54) is 26.8 Å². The van der Waals surface area contributed by atoms with Crippen LogP contribution in [0.15, 0.2) is 29.2 Å². The molecule has 0 saturated heterocycles. The van der Waals surface area contributed by atoms with Crippen LogP contribution in [0.2, 0.25) is 0 Å². The van der Waals surface area contributed by atoms with E-state index in [9.17, 15) is 28.3 Å². The predicted octanol–water partition coefficient (Wildman–Crippen LogP) is 2.45. The first kappa shape index (κ1) is 25.9. The number of carbonyl (C=O) groups is 2.